The van der Waals surface area contributed by atoms with Gasteiger partial charge in [-0.2, -0.15) is 23.4 Å². The summed E-state index contributed by atoms with van der Waals surface area (Å²) < 4.78 is 52.4. The van der Waals surface area contributed by atoms with E-state index in [-0.39, 0.29) is 16.0 Å². The van der Waals surface area contributed by atoms with E-state index in [1.807, 2.05) is 0 Å². The lowest BCUT2D eigenvalue weighted by atomic mass is 10.3. The number of nitrogens with one attached hydrogen (secondary N) is 1. The second-order valence-corrected chi connectivity index (χ2v) is 6.37. The molecule has 0 aliphatic carbocycles. The summed E-state index contributed by atoms with van der Waals surface area (Å²) in [5, 5.41) is 8.16. The number of hydrogen-bond acceptors (Lipinski definition) is 4. The van der Waals surface area contributed by atoms with Gasteiger partial charge in [0.25, 0.3) is 0 Å². The molecule has 1 N–H and O–H groups in total. The Kier molecular flexibility index (Phi) is 5.57. The van der Waals surface area contributed by atoms with Gasteiger partial charge >= 0.3 is 6.18 Å². The number of aryl methyl sites for hydroxylation is 1. The highest BCUT2D eigenvalue weighted by Crippen LogP contribution is 2.32. The van der Waals surface area contributed by atoms with E-state index in [1.165, 1.54) is 35.2 Å². The van der Waals surface area contributed by atoms with E-state index in [0.717, 1.165) is 6.07 Å². The van der Waals surface area contributed by atoms with Crippen molar-refractivity contribution >= 4 is 35.2 Å². The first-order valence-electron chi connectivity index (χ1n) is 7.69. The van der Waals surface area contributed by atoms with Crippen LogP contribution >= 0.6 is 23.2 Å². The van der Waals surface area contributed by atoms with Crippen LogP contribution in [-0.4, -0.2) is 21.0 Å². The first-order valence-corrected chi connectivity index (χ1v) is 8.45. The highest BCUT2D eigenvalue weighted by Gasteiger charge is 2.31. The number of hydrazone groups is 1. The normalized spacial score (nSPS) is 12.0. The molecule has 2 heterocycles. The van der Waals surface area contributed by atoms with Crippen molar-refractivity contribution in [3.05, 3.63) is 69.3 Å². The summed E-state index contributed by atoms with van der Waals surface area (Å²) in [6.45, 7) is 1.69. The molecule has 3 aromatic rings. The van der Waals surface area contributed by atoms with Crippen molar-refractivity contribution in [1.29, 1.82) is 0 Å². The average Bonchev–Trinajstić information content (AvgIpc) is 2.91. The molecule has 0 amide bonds. The molecule has 146 valence electrons. The Morgan fingerprint density at radius 2 is 1.86 bits per heavy atom. The van der Waals surface area contributed by atoms with Crippen LogP contribution in [0.25, 0.3) is 5.69 Å². The smallest absolute Gasteiger partial charge is 0.260 e. The summed E-state index contributed by atoms with van der Waals surface area (Å²) in [4.78, 5) is 3.62. The number of anilines is 1. The third kappa shape index (κ3) is 4.26. The van der Waals surface area contributed by atoms with E-state index in [9.17, 15) is 17.6 Å². The second-order valence-electron chi connectivity index (χ2n) is 5.60. The van der Waals surface area contributed by atoms with Crippen molar-refractivity contribution in [3.8, 4) is 5.69 Å². The van der Waals surface area contributed by atoms with Gasteiger partial charge in [-0.25, -0.2) is 14.1 Å². The van der Waals surface area contributed by atoms with Crippen LogP contribution in [0.3, 0.4) is 0 Å². The number of benzene rings is 1. The predicted octanol–water partition coefficient (Wildman–Crippen LogP) is 5.49. The van der Waals surface area contributed by atoms with Crippen molar-refractivity contribution in [2.45, 2.75) is 13.1 Å². The molecule has 0 saturated heterocycles. The van der Waals surface area contributed by atoms with Gasteiger partial charge < -0.3 is 0 Å². The van der Waals surface area contributed by atoms with Gasteiger partial charge in [0.05, 0.1) is 33.7 Å². The van der Waals surface area contributed by atoms with E-state index in [2.05, 4.69) is 20.6 Å². The van der Waals surface area contributed by atoms with Crippen LogP contribution in [0.1, 0.15) is 16.8 Å². The summed E-state index contributed by atoms with van der Waals surface area (Å²) in [5.41, 5.74) is 3.04. The largest absolute Gasteiger partial charge is 0.417 e. The zero-order valence-electron chi connectivity index (χ0n) is 14.1. The van der Waals surface area contributed by atoms with Gasteiger partial charge in [-0.3, -0.25) is 5.43 Å². The van der Waals surface area contributed by atoms with Gasteiger partial charge in [-0.05, 0) is 37.3 Å². The van der Waals surface area contributed by atoms with E-state index in [1.54, 1.807) is 6.92 Å². The molecule has 0 saturated carbocycles. The molecular weight excluding hydrogens is 421 g/mol. The van der Waals surface area contributed by atoms with E-state index in [4.69, 9.17) is 23.2 Å². The van der Waals surface area contributed by atoms with Crippen LogP contribution < -0.4 is 5.43 Å². The summed E-state index contributed by atoms with van der Waals surface area (Å²) in [5.74, 6) is -0.443. The zero-order valence-corrected chi connectivity index (χ0v) is 15.6. The second kappa shape index (κ2) is 7.76. The Morgan fingerprint density at radius 1 is 1.18 bits per heavy atom. The maximum absolute atomic E-state index is 13.1. The highest BCUT2D eigenvalue weighted by molar-refractivity contribution is 6.33. The molecule has 11 heteroatoms. The topological polar surface area (TPSA) is 55.1 Å². The van der Waals surface area contributed by atoms with Gasteiger partial charge in [-0.15, -0.1) is 0 Å². The van der Waals surface area contributed by atoms with Gasteiger partial charge in [-0.1, -0.05) is 23.2 Å². The van der Waals surface area contributed by atoms with Gasteiger partial charge in [0.15, 0.2) is 5.82 Å². The average molecular weight is 432 g/mol. The lowest BCUT2D eigenvalue weighted by molar-refractivity contribution is -0.137. The molecule has 0 radical (unpaired) electrons. The Balaban J connectivity index is 1.81. The minimum Gasteiger partial charge on any atom is -0.260 e. The summed E-state index contributed by atoms with van der Waals surface area (Å²) in [6.07, 6.45) is -2.56. The maximum atomic E-state index is 13.1. The quantitative estimate of drug-likeness (QED) is 0.337. The van der Waals surface area contributed by atoms with Crippen molar-refractivity contribution in [2.24, 2.45) is 5.10 Å². The van der Waals surface area contributed by atoms with E-state index >= 15 is 0 Å². The molecule has 0 fully saturated rings. The van der Waals surface area contributed by atoms with Crippen LogP contribution in [0, 0.1) is 12.7 Å². The van der Waals surface area contributed by atoms with Crippen LogP contribution in [-0.2, 0) is 6.18 Å². The maximum Gasteiger partial charge on any atom is 0.417 e. The molecule has 0 aliphatic rings. The molecule has 28 heavy (non-hydrogen) atoms. The molecule has 0 bridgehead atoms. The van der Waals surface area contributed by atoms with Crippen molar-refractivity contribution in [1.82, 2.24) is 14.8 Å². The van der Waals surface area contributed by atoms with Crippen LogP contribution in [0.4, 0.5) is 23.4 Å². The summed E-state index contributed by atoms with van der Waals surface area (Å²) >= 11 is 12.1. The zero-order chi connectivity index (χ0) is 20.5. The Hall–Kier alpha value is -2.65. The van der Waals surface area contributed by atoms with Gasteiger partial charge in [0, 0.05) is 6.20 Å². The minimum atomic E-state index is -4.54. The Labute approximate surface area is 166 Å². The fraction of sp³-hybridized carbons (Fsp3) is 0.118. The molecule has 1 aromatic carbocycles. The lowest BCUT2D eigenvalue weighted by Crippen LogP contribution is -2.06. The third-order valence-corrected chi connectivity index (χ3v) is 4.30. The fourth-order valence-electron chi connectivity index (χ4n) is 2.24. The number of aromatic nitrogens is 3. The molecule has 5 nitrogen and oxygen atoms in total. The Morgan fingerprint density at radius 3 is 2.46 bits per heavy atom. The molecule has 0 spiro atoms. The standard InChI is InChI=1S/C17H11Cl2F4N5/c1-9-13(15(19)28(27-9)12-4-2-11(20)3-5-12)8-25-26-16-14(18)6-10(7-24-16)17(21,22)23/h2-8H,1H3,(H,24,26)/b25-8-. The van der Waals surface area contributed by atoms with Gasteiger partial charge in [0.1, 0.15) is 11.0 Å². The monoisotopic (exact) mass is 431 g/mol. The molecule has 0 aliphatic heterocycles. The molecule has 0 unspecified atom stereocenters. The molecular formula is C17H11Cl2F4N5. The lowest BCUT2D eigenvalue weighted by Gasteiger charge is -2.08. The number of pyridine rings is 1. The number of rotatable bonds is 4. The van der Waals surface area contributed by atoms with Gasteiger partial charge in [0.2, 0.25) is 0 Å². The molecule has 0 atom stereocenters. The van der Waals surface area contributed by atoms with E-state index in [0.29, 0.717) is 23.1 Å². The SMILES string of the molecule is Cc1nn(-c2ccc(F)cc2)c(Cl)c1/C=N\Nc1ncc(C(F)(F)F)cc1Cl. The molecule has 2 aromatic heterocycles. The number of hydrogen-bond donors (Lipinski definition) is 1. The van der Waals surface area contributed by atoms with Crippen LogP contribution in [0.5, 0.6) is 0 Å². The number of halogens is 6. The minimum absolute atomic E-state index is 0.0504. The third-order valence-electron chi connectivity index (χ3n) is 3.65. The summed E-state index contributed by atoms with van der Waals surface area (Å²) in [7, 11) is 0. The van der Waals surface area contributed by atoms with Crippen molar-refractivity contribution < 1.29 is 17.6 Å². The highest BCUT2D eigenvalue weighted by atomic mass is 35.5. The van der Waals surface area contributed by atoms with Crippen molar-refractivity contribution in [3.63, 3.8) is 0 Å². The fourth-order valence-corrected chi connectivity index (χ4v) is 2.77. The van der Waals surface area contributed by atoms with E-state index < -0.39 is 17.6 Å². The van der Waals surface area contributed by atoms with Crippen molar-refractivity contribution in [2.75, 3.05) is 5.43 Å². The predicted molar refractivity (Wildman–Crippen MR) is 98.7 cm³/mol. The number of alkyl halides is 3. The Bertz CT molecular complexity index is 1030. The first-order chi connectivity index (χ1) is 13.2. The molecule has 3 rings (SSSR count). The van der Waals surface area contributed by atoms with Crippen LogP contribution in [0.15, 0.2) is 41.6 Å². The summed E-state index contributed by atoms with van der Waals surface area (Å²) in [6, 6.07) is 6.32. The number of nitrogens with zero attached hydrogens (tertiary/aromatic N) is 4. The van der Waals surface area contributed by atoms with Crippen LogP contribution in [0.2, 0.25) is 10.2 Å². The first kappa shape index (κ1) is 20.1.